The summed E-state index contributed by atoms with van der Waals surface area (Å²) in [4.78, 5) is 16.0. The Morgan fingerprint density at radius 1 is 0.290 bits per heavy atom. The van der Waals surface area contributed by atoms with Crippen molar-refractivity contribution in [2.45, 2.75) is 0 Å². The summed E-state index contributed by atoms with van der Waals surface area (Å²) in [6.45, 7) is 0. The standard InChI is InChI=1S/C57H37N5/c1-5-19-38(20-6-1)42-35-36-46-44-28-14-16-33-51(44)62(53-37-49(40-23-9-3-10-24-40)59-57(60-53)41-25-11-4-12-26-41)56(46)54(42)47-30-17-29-45-43-27-13-15-32-50(43)61(55(45)47)52-34-18-31-48(58-52)39-21-7-2-8-22-39/h1-37H. The lowest BCUT2D eigenvalue weighted by molar-refractivity contribution is 1.05. The number of para-hydroxylation sites is 3. The lowest BCUT2D eigenvalue weighted by Gasteiger charge is -2.19. The summed E-state index contributed by atoms with van der Waals surface area (Å²) in [6.07, 6.45) is 0. The Morgan fingerprint density at radius 3 is 1.47 bits per heavy atom. The van der Waals surface area contributed by atoms with Gasteiger partial charge in [-0.2, -0.15) is 0 Å². The minimum absolute atomic E-state index is 0.667. The van der Waals surface area contributed by atoms with Crippen LogP contribution in [0.2, 0.25) is 0 Å². The molecule has 12 rings (SSSR count). The third-order valence-corrected chi connectivity index (χ3v) is 12.0. The third-order valence-electron chi connectivity index (χ3n) is 12.0. The second-order valence-corrected chi connectivity index (χ2v) is 15.6. The van der Waals surface area contributed by atoms with E-state index in [4.69, 9.17) is 15.0 Å². The summed E-state index contributed by atoms with van der Waals surface area (Å²) in [7, 11) is 0. The Labute approximate surface area is 358 Å². The van der Waals surface area contributed by atoms with Gasteiger partial charge in [-0.15, -0.1) is 0 Å². The zero-order valence-electron chi connectivity index (χ0n) is 33.6. The maximum Gasteiger partial charge on any atom is 0.162 e. The van der Waals surface area contributed by atoms with Crippen molar-refractivity contribution >= 4 is 43.6 Å². The number of hydrogen-bond donors (Lipinski definition) is 0. The van der Waals surface area contributed by atoms with Crippen LogP contribution in [0.5, 0.6) is 0 Å². The summed E-state index contributed by atoms with van der Waals surface area (Å²) in [5.41, 5.74) is 13.6. The zero-order chi connectivity index (χ0) is 41.0. The molecule has 0 saturated carbocycles. The smallest absolute Gasteiger partial charge is 0.162 e. The third kappa shape index (κ3) is 5.82. The molecule has 0 aliphatic carbocycles. The summed E-state index contributed by atoms with van der Waals surface area (Å²) in [6, 6.07) is 79.0. The molecule has 5 nitrogen and oxygen atoms in total. The minimum atomic E-state index is 0.667. The summed E-state index contributed by atoms with van der Waals surface area (Å²) in [5.74, 6) is 2.32. The van der Waals surface area contributed by atoms with E-state index in [-0.39, 0.29) is 0 Å². The van der Waals surface area contributed by atoms with Crippen LogP contribution in [-0.2, 0) is 0 Å². The van der Waals surface area contributed by atoms with Gasteiger partial charge in [0, 0.05) is 55.4 Å². The van der Waals surface area contributed by atoms with Gasteiger partial charge >= 0.3 is 0 Å². The fourth-order valence-corrected chi connectivity index (χ4v) is 9.22. The van der Waals surface area contributed by atoms with Gasteiger partial charge in [0.15, 0.2) is 5.82 Å². The van der Waals surface area contributed by atoms with E-state index in [0.717, 1.165) is 100 Å². The highest BCUT2D eigenvalue weighted by Crippen LogP contribution is 2.47. The molecular weight excluding hydrogens is 755 g/mol. The predicted octanol–water partition coefficient (Wildman–Crippen LogP) is 14.4. The minimum Gasteiger partial charge on any atom is -0.293 e. The molecule has 5 heteroatoms. The quantitative estimate of drug-likeness (QED) is 0.162. The number of rotatable bonds is 7. The molecule has 0 saturated heterocycles. The molecule has 62 heavy (non-hydrogen) atoms. The van der Waals surface area contributed by atoms with Gasteiger partial charge in [0.25, 0.3) is 0 Å². The molecule has 290 valence electrons. The normalized spacial score (nSPS) is 11.5. The molecule has 4 aromatic heterocycles. The molecule has 0 atom stereocenters. The fourth-order valence-electron chi connectivity index (χ4n) is 9.22. The van der Waals surface area contributed by atoms with E-state index in [1.165, 1.54) is 5.39 Å². The topological polar surface area (TPSA) is 48.5 Å². The lowest BCUT2D eigenvalue weighted by atomic mass is 9.91. The van der Waals surface area contributed by atoms with Crippen molar-refractivity contribution in [3.8, 4) is 67.8 Å². The second kappa shape index (κ2) is 14.7. The molecule has 0 bridgehead atoms. The van der Waals surface area contributed by atoms with Gasteiger partial charge in [0.2, 0.25) is 0 Å². The Morgan fingerprint density at radius 2 is 0.806 bits per heavy atom. The van der Waals surface area contributed by atoms with Crippen LogP contribution in [-0.4, -0.2) is 24.1 Å². The van der Waals surface area contributed by atoms with Crippen LogP contribution in [0, 0.1) is 0 Å². The highest BCUT2D eigenvalue weighted by atomic mass is 15.1. The second-order valence-electron chi connectivity index (χ2n) is 15.6. The fraction of sp³-hybridized carbons (Fsp3) is 0. The first-order valence-corrected chi connectivity index (χ1v) is 21.0. The van der Waals surface area contributed by atoms with E-state index in [9.17, 15) is 0 Å². The van der Waals surface area contributed by atoms with E-state index in [1.54, 1.807) is 0 Å². The number of fused-ring (bicyclic) bond motifs is 6. The van der Waals surface area contributed by atoms with Gasteiger partial charge in [0.05, 0.1) is 33.5 Å². The molecular formula is C57H37N5. The Hall–Kier alpha value is -8.41. The monoisotopic (exact) mass is 791 g/mol. The zero-order valence-corrected chi connectivity index (χ0v) is 33.6. The maximum absolute atomic E-state index is 5.45. The summed E-state index contributed by atoms with van der Waals surface area (Å²) < 4.78 is 4.73. The molecule has 0 aliphatic heterocycles. The number of pyridine rings is 1. The largest absolute Gasteiger partial charge is 0.293 e. The van der Waals surface area contributed by atoms with Gasteiger partial charge in [-0.05, 0) is 35.4 Å². The maximum atomic E-state index is 5.45. The first kappa shape index (κ1) is 35.5. The van der Waals surface area contributed by atoms with Crippen molar-refractivity contribution in [3.63, 3.8) is 0 Å². The highest BCUT2D eigenvalue weighted by Gasteiger charge is 2.25. The first-order chi connectivity index (χ1) is 30.8. The Bertz CT molecular complexity index is 3550. The SMILES string of the molecule is c1ccc(-c2cccc(-n3c4ccccc4c4cccc(-c5c(-c6ccccc6)ccc6c7ccccc7n(-c7cc(-c8ccccc8)nc(-c8ccccc8)n7)c56)c43)n2)cc1. The number of hydrogen-bond acceptors (Lipinski definition) is 3. The van der Waals surface area contributed by atoms with Crippen molar-refractivity contribution in [1.82, 2.24) is 24.1 Å². The van der Waals surface area contributed by atoms with E-state index < -0.39 is 0 Å². The molecule has 0 radical (unpaired) electrons. The molecule has 8 aromatic carbocycles. The van der Waals surface area contributed by atoms with Crippen LogP contribution in [0.25, 0.3) is 111 Å². The van der Waals surface area contributed by atoms with Gasteiger partial charge in [-0.3, -0.25) is 9.13 Å². The van der Waals surface area contributed by atoms with Gasteiger partial charge in [-0.25, -0.2) is 15.0 Å². The van der Waals surface area contributed by atoms with Crippen molar-refractivity contribution in [3.05, 3.63) is 224 Å². The van der Waals surface area contributed by atoms with E-state index in [0.29, 0.717) is 5.82 Å². The van der Waals surface area contributed by atoms with Gasteiger partial charge in [-0.1, -0.05) is 194 Å². The Kier molecular flexibility index (Phi) is 8.42. The molecule has 0 amide bonds. The summed E-state index contributed by atoms with van der Waals surface area (Å²) in [5, 5.41) is 4.61. The summed E-state index contributed by atoms with van der Waals surface area (Å²) >= 11 is 0. The highest BCUT2D eigenvalue weighted by molar-refractivity contribution is 6.21. The molecule has 4 heterocycles. The molecule has 0 unspecified atom stereocenters. The van der Waals surface area contributed by atoms with Crippen molar-refractivity contribution in [2.24, 2.45) is 0 Å². The first-order valence-electron chi connectivity index (χ1n) is 21.0. The van der Waals surface area contributed by atoms with Crippen LogP contribution in [0.4, 0.5) is 0 Å². The number of nitrogens with zero attached hydrogens (tertiary/aromatic N) is 5. The number of aromatic nitrogens is 5. The molecule has 12 aromatic rings. The van der Waals surface area contributed by atoms with E-state index in [2.05, 4.69) is 203 Å². The van der Waals surface area contributed by atoms with Crippen molar-refractivity contribution in [1.29, 1.82) is 0 Å². The van der Waals surface area contributed by atoms with Gasteiger partial charge < -0.3 is 0 Å². The average Bonchev–Trinajstić information content (AvgIpc) is 3.88. The van der Waals surface area contributed by atoms with Crippen molar-refractivity contribution < 1.29 is 0 Å². The van der Waals surface area contributed by atoms with Crippen LogP contribution < -0.4 is 0 Å². The molecule has 0 spiro atoms. The van der Waals surface area contributed by atoms with E-state index >= 15 is 0 Å². The van der Waals surface area contributed by atoms with E-state index in [1.807, 2.05) is 30.3 Å². The number of benzene rings is 8. The average molecular weight is 792 g/mol. The van der Waals surface area contributed by atoms with Crippen LogP contribution >= 0.6 is 0 Å². The van der Waals surface area contributed by atoms with Crippen LogP contribution in [0.15, 0.2) is 224 Å². The molecule has 0 aliphatic rings. The van der Waals surface area contributed by atoms with Crippen LogP contribution in [0.3, 0.4) is 0 Å². The molecule has 0 N–H and O–H groups in total. The molecule has 0 fully saturated rings. The Balaban J connectivity index is 1.24. The lowest BCUT2D eigenvalue weighted by Crippen LogP contribution is -2.04. The van der Waals surface area contributed by atoms with Crippen molar-refractivity contribution in [2.75, 3.05) is 0 Å². The van der Waals surface area contributed by atoms with Crippen LogP contribution in [0.1, 0.15) is 0 Å². The predicted molar refractivity (Wildman–Crippen MR) is 256 cm³/mol. The van der Waals surface area contributed by atoms with Gasteiger partial charge in [0.1, 0.15) is 11.6 Å².